The zero-order valence-electron chi connectivity index (χ0n) is 12.7. The summed E-state index contributed by atoms with van der Waals surface area (Å²) in [6, 6.07) is 15.6. The van der Waals surface area contributed by atoms with E-state index in [1.54, 1.807) is 4.90 Å². The minimum absolute atomic E-state index is 0.282. The molecule has 5 heteroatoms. The van der Waals surface area contributed by atoms with Crippen molar-refractivity contribution in [3.8, 4) is 5.75 Å². The van der Waals surface area contributed by atoms with Gasteiger partial charge < -0.3 is 14.4 Å². The number of hydrogen-bond acceptors (Lipinski definition) is 3. The summed E-state index contributed by atoms with van der Waals surface area (Å²) in [4.78, 5) is 14.1. The van der Waals surface area contributed by atoms with Gasteiger partial charge in [0.2, 0.25) is 0 Å². The van der Waals surface area contributed by atoms with Crippen LogP contribution in [0.4, 0.5) is 4.79 Å². The van der Waals surface area contributed by atoms with Crippen molar-refractivity contribution in [3.63, 3.8) is 0 Å². The second kappa shape index (κ2) is 7.51. The number of nitrogens with zero attached hydrogens (tertiary/aromatic N) is 1. The van der Waals surface area contributed by atoms with Crippen LogP contribution >= 0.6 is 15.9 Å². The second-order valence-corrected chi connectivity index (χ2v) is 5.90. The summed E-state index contributed by atoms with van der Waals surface area (Å²) in [6.45, 7) is 1.78. The third-order valence-corrected chi connectivity index (χ3v) is 4.41. The molecule has 0 radical (unpaired) electrons. The van der Waals surface area contributed by atoms with Crippen LogP contribution < -0.4 is 4.74 Å². The van der Waals surface area contributed by atoms with Crippen LogP contribution in [0.5, 0.6) is 5.75 Å². The van der Waals surface area contributed by atoms with Crippen LogP contribution in [0.2, 0.25) is 0 Å². The van der Waals surface area contributed by atoms with Crippen molar-refractivity contribution in [3.05, 3.63) is 65.2 Å². The highest BCUT2D eigenvalue weighted by Crippen LogP contribution is 2.28. The SMILES string of the molecule is O=C(OCc1ccccc1)N1CCOc2cccc(CBr)c2C1. The predicted octanol–water partition coefficient (Wildman–Crippen LogP) is 4.11. The maximum atomic E-state index is 12.4. The summed E-state index contributed by atoms with van der Waals surface area (Å²) in [5.41, 5.74) is 3.15. The Morgan fingerprint density at radius 2 is 2.00 bits per heavy atom. The molecule has 0 saturated heterocycles. The van der Waals surface area contributed by atoms with Crippen molar-refractivity contribution in [2.45, 2.75) is 18.5 Å². The van der Waals surface area contributed by atoms with Crippen LogP contribution in [0.25, 0.3) is 0 Å². The molecule has 1 aliphatic heterocycles. The zero-order valence-corrected chi connectivity index (χ0v) is 14.3. The number of ether oxygens (including phenoxy) is 2. The number of carbonyl (C=O) groups excluding carboxylic acids is 1. The lowest BCUT2D eigenvalue weighted by Crippen LogP contribution is -2.33. The number of alkyl halides is 1. The Labute approximate surface area is 144 Å². The van der Waals surface area contributed by atoms with E-state index in [0.717, 1.165) is 27.8 Å². The summed E-state index contributed by atoms with van der Waals surface area (Å²) < 4.78 is 11.2. The molecular weight excluding hydrogens is 358 g/mol. The normalized spacial score (nSPS) is 13.7. The fraction of sp³-hybridized carbons (Fsp3) is 0.278. The van der Waals surface area contributed by atoms with Gasteiger partial charge in [0.1, 0.15) is 19.0 Å². The van der Waals surface area contributed by atoms with Crippen LogP contribution in [0.15, 0.2) is 48.5 Å². The zero-order chi connectivity index (χ0) is 16.1. The third-order valence-electron chi connectivity index (χ3n) is 3.81. The van der Waals surface area contributed by atoms with E-state index in [0.29, 0.717) is 19.7 Å². The van der Waals surface area contributed by atoms with Crippen LogP contribution in [-0.4, -0.2) is 24.1 Å². The van der Waals surface area contributed by atoms with Crippen molar-refractivity contribution in [1.29, 1.82) is 0 Å². The van der Waals surface area contributed by atoms with E-state index in [1.165, 1.54) is 0 Å². The fourth-order valence-corrected chi connectivity index (χ4v) is 3.08. The highest BCUT2D eigenvalue weighted by Gasteiger charge is 2.22. The van der Waals surface area contributed by atoms with Gasteiger partial charge >= 0.3 is 6.09 Å². The van der Waals surface area contributed by atoms with Gasteiger partial charge in [0, 0.05) is 10.9 Å². The van der Waals surface area contributed by atoms with Crippen molar-refractivity contribution in [2.24, 2.45) is 0 Å². The Kier molecular flexibility index (Phi) is 5.18. The first-order valence-corrected chi connectivity index (χ1v) is 8.65. The number of halogens is 1. The number of amides is 1. The molecule has 2 aromatic rings. The van der Waals surface area contributed by atoms with E-state index < -0.39 is 0 Å². The number of fused-ring (bicyclic) bond motifs is 1. The minimum Gasteiger partial charge on any atom is -0.491 e. The average Bonchev–Trinajstić information content (AvgIpc) is 2.82. The summed E-state index contributed by atoms with van der Waals surface area (Å²) >= 11 is 3.49. The van der Waals surface area contributed by atoms with Gasteiger partial charge in [-0.15, -0.1) is 0 Å². The molecule has 23 heavy (non-hydrogen) atoms. The molecule has 0 saturated carbocycles. The van der Waals surface area contributed by atoms with Crippen LogP contribution in [0, 0.1) is 0 Å². The molecular formula is C18H18BrNO3. The van der Waals surface area contributed by atoms with Crippen LogP contribution in [0.3, 0.4) is 0 Å². The number of hydrogen-bond donors (Lipinski definition) is 0. The number of carbonyl (C=O) groups is 1. The van der Waals surface area contributed by atoms with Crippen molar-refractivity contribution >= 4 is 22.0 Å². The smallest absolute Gasteiger partial charge is 0.410 e. The maximum Gasteiger partial charge on any atom is 0.410 e. The summed E-state index contributed by atoms with van der Waals surface area (Å²) in [5.74, 6) is 0.848. The molecule has 120 valence electrons. The van der Waals surface area contributed by atoms with Gasteiger partial charge in [0.05, 0.1) is 13.1 Å². The molecule has 0 spiro atoms. The van der Waals surface area contributed by atoms with Gasteiger partial charge in [-0.1, -0.05) is 58.4 Å². The molecule has 0 N–H and O–H groups in total. The molecule has 1 amide bonds. The van der Waals surface area contributed by atoms with Crippen molar-refractivity contribution < 1.29 is 14.3 Å². The largest absolute Gasteiger partial charge is 0.491 e. The summed E-state index contributed by atoms with van der Waals surface area (Å²) in [6.07, 6.45) is -0.310. The highest BCUT2D eigenvalue weighted by atomic mass is 79.9. The van der Waals surface area contributed by atoms with Gasteiger partial charge in [-0.25, -0.2) is 4.79 Å². The Balaban J connectivity index is 1.69. The molecule has 0 atom stereocenters. The minimum atomic E-state index is -0.310. The molecule has 1 heterocycles. The Bertz CT molecular complexity index is 675. The first-order valence-electron chi connectivity index (χ1n) is 7.53. The molecule has 4 nitrogen and oxygen atoms in total. The van der Waals surface area contributed by atoms with Gasteiger partial charge in [-0.05, 0) is 17.2 Å². The summed E-state index contributed by atoms with van der Waals surface area (Å²) in [5, 5.41) is 0.729. The van der Waals surface area contributed by atoms with Gasteiger partial charge in [0.15, 0.2) is 0 Å². The van der Waals surface area contributed by atoms with Gasteiger partial charge in [0.25, 0.3) is 0 Å². The molecule has 3 rings (SSSR count). The lowest BCUT2D eigenvalue weighted by Gasteiger charge is -2.20. The number of benzene rings is 2. The van der Waals surface area contributed by atoms with Gasteiger partial charge in [-0.3, -0.25) is 0 Å². The van der Waals surface area contributed by atoms with E-state index in [1.807, 2.05) is 48.5 Å². The highest BCUT2D eigenvalue weighted by molar-refractivity contribution is 9.08. The number of rotatable bonds is 3. The Morgan fingerprint density at radius 1 is 1.17 bits per heavy atom. The molecule has 0 aliphatic carbocycles. The Morgan fingerprint density at radius 3 is 2.78 bits per heavy atom. The maximum absolute atomic E-state index is 12.4. The second-order valence-electron chi connectivity index (χ2n) is 5.34. The topological polar surface area (TPSA) is 38.8 Å². The van der Waals surface area contributed by atoms with Gasteiger partial charge in [-0.2, -0.15) is 0 Å². The van der Waals surface area contributed by atoms with E-state index in [-0.39, 0.29) is 12.7 Å². The standard InChI is InChI=1S/C18H18BrNO3/c19-11-15-7-4-8-17-16(15)12-20(9-10-22-17)18(21)23-13-14-5-2-1-3-6-14/h1-8H,9-13H2. The quantitative estimate of drug-likeness (QED) is 0.757. The first kappa shape index (κ1) is 15.9. The van der Waals surface area contributed by atoms with E-state index in [9.17, 15) is 4.79 Å². The molecule has 2 aromatic carbocycles. The fourth-order valence-electron chi connectivity index (χ4n) is 2.55. The van der Waals surface area contributed by atoms with E-state index in [2.05, 4.69) is 15.9 Å². The molecule has 0 unspecified atom stereocenters. The summed E-state index contributed by atoms with van der Waals surface area (Å²) in [7, 11) is 0. The molecule has 0 fully saturated rings. The monoisotopic (exact) mass is 375 g/mol. The first-order chi connectivity index (χ1) is 11.3. The van der Waals surface area contributed by atoms with Crippen molar-refractivity contribution in [2.75, 3.05) is 13.2 Å². The molecule has 0 aromatic heterocycles. The van der Waals surface area contributed by atoms with Crippen molar-refractivity contribution in [1.82, 2.24) is 4.90 Å². The Hall–Kier alpha value is -2.01. The van der Waals surface area contributed by atoms with E-state index >= 15 is 0 Å². The van der Waals surface area contributed by atoms with Crippen LogP contribution in [-0.2, 0) is 23.2 Å². The third kappa shape index (κ3) is 3.85. The van der Waals surface area contributed by atoms with E-state index in [4.69, 9.17) is 9.47 Å². The predicted molar refractivity (Wildman–Crippen MR) is 91.6 cm³/mol. The lowest BCUT2D eigenvalue weighted by atomic mass is 10.1. The average molecular weight is 376 g/mol. The molecule has 1 aliphatic rings. The molecule has 0 bridgehead atoms. The van der Waals surface area contributed by atoms with Crippen LogP contribution in [0.1, 0.15) is 16.7 Å². The lowest BCUT2D eigenvalue weighted by molar-refractivity contribution is 0.0913.